The van der Waals surface area contributed by atoms with Gasteiger partial charge in [0.2, 0.25) is 0 Å². The molecule has 0 heteroatoms. The van der Waals surface area contributed by atoms with Crippen LogP contribution in [0.1, 0.15) is 48.0 Å². The SMILES string of the molecule is CCC(C)/C=C/C=C(C)/C=C/C1C(C)=CC=CC1(C)C. The molecule has 0 aromatic rings. The molecule has 0 N–H and O–H groups in total. The third-order valence-electron chi connectivity index (χ3n) is 4.17. The molecule has 0 fully saturated rings. The van der Waals surface area contributed by atoms with Gasteiger partial charge in [0.05, 0.1) is 0 Å². The van der Waals surface area contributed by atoms with Crippen LogP contribution in [0.3, 0.4) is 0 Å². The van der Waals surface area contributed by atoms with E-state index in [2.05, 4.69) is 90.2 Å². The quantitative estimate of drug-likeness (QED) is 0.518. The normalized spacial score (nSPS) is 24.4. The van der Waals surface area contributed by atoms with E-state index in [9.17, 15) is 0 Å². The molecule has 2 unspecified atom stereocenters. The fourth-order valence-corrected chi connectivity index (χ4v) is 2.48. The van der Waals surface area contributed by atoms with E-state index >= 15 is 0 Å². The molecule has 0 nitrogen and oxygen atoms in total. The zero-order valence-electron chi connectivity index (χ0n) is 14.0. The van der Waals surface area contributed by atoms with Gasteiger partial charge in [0.25, 0.3) is 0 Å². The Labute approximate surface area is 125 Å². The molecule has 0 bridgehead atoms. The maximum Gasteiger partial charge on any atom is 0.00662 e. The molecule has 0 saturated heterocycles. The average molecular weight is 270 g/mol. The van der Waals surface area contributed by atoms with Gasteiger partial charge in [0.1, 0.15) is 0 Å². The molecular weight excluding hydrogens is 240 g/mol. The highest BCUT2D eigenvalue weighted by atomic mass is 14.3. The van der Waals surface area contributed by atoms with Gasteiger partial charge in [-0.25, -0.2) is 0 Å². The number of hydrogen-bond donors (Lipinski definition) is 0. The van der Waals surface area contributed by atoms with Crippen LogP contribution >= 0.6 is 0 Å². The topological polar surface area (TPSA) is 0 Å². The van der Waals surface area contributed by atoms with E-state index in [0.717, 1.165) is 0 Å². The highest BCUT2D eigenvalue weighted by Crippen LogP contribution is 2.37. The van der Waals surface area contributed by atoms with Gasteiger partial charge in [0.15, 0.2) is 0 Å². The lowest BCUT2D eigenvalue weighted by molar-refractivity contribution is 0.381. The zero-order valence-corrected chi connectivity index (χ0v) is 14.0. The average Bonchev–Trinajstić information content (AvgIpc) is 2.37. The summed E-state index contributed by atoms with van der Waals surface area (Å²) in [5, 5.41) is 0. The second kappa shape index (κ2) is 7.47. The lowest BCUT2D eigenvalue weighted by atomic mass is 9.72. The predicted molar refractivity (Wildman–Crippen MR) is 91.7 cm³/mol. The number of hydrogen-bond acceptors (Lipinski definition) is 0. The molecule has 0 aromatic carbocycles. The summed E-state index contributed by atoms with van der Waals surface area (Å²) in [6.07, 6.45) is 19.2. The molecule has 0 heterocycles. The first-order chi connectivity index (χ1) is 9.36. The summed E-state index contributed by atoms with van der Waals surface area (Å²) in [6.45, 7) is 13.5. The summed E-state index contributed by atoms with van der Waals surface area (Å²) in [5.74, 6) is 1.16. The van der Waals surface area contributed by atoms with E-state index in [1.807, 2.05) is 0 Å². The predicted octanol–water partition coefficient (Wildman–Crippen LogP) is 6.25. The van der Waals surface area contributed by atoms with Crippen LogP contribution in [0, 0.1) is 17.3 Å². The molecule has 0 aromatic heterocycles. The van der Waals surface area contributed by atoms with Crippen LogP contribution < -0.4 is 0 Å². The lowest BCUT2D eigenvalue weighted by Gasteiger charge is -2.32. The van der Waals surface area contributed by atoms with Crippen LogP contribution in [0.5, 0.6) is 0 Å². The maximum absolute atomic E-state index is 2.35. The monoisotopic (exact) mass is 270 g/mol. The molecule has 1 aliphatic rings. The molecule has 2 atom stereocenters. The fourth-order valence-electron chi connectivity index (χ4n) is 2.48. The third kappa shape index (κ3) is 5.00. The Kier molecular flexibility index (Phi) is 6.26. The van der Waals surface area contributed by atoms with E-state index in [-0.39, 0.29) is 5.41 Å². The fraction of sp³-hybridized carbons (Fsp3) is 0.500. The molecule has 0 amide bonds. The van der Waals surface area contributed by atoms with Crippen molar-refractivity contribution >= 4 is 0 Å². The molecule has 1 aliphatic carbocycles. The van der Waals surface area contributed by atoms with E-state index in [1.165, 1.54) is 17.6 Å². The summed E-state index contributed by atoms with van der Waals surface area (Å²) < 4.78 is 0. The lowest BCUT2D eigenvalue weighted by Crippen LogP contribution is -2.23. The molecule has 1 rings (SSSR count). The van der Waals surface area contributed by atoms with Gasteiger partial charge < -0.3 is 0 Å². The second-order valence-electron chi connectivity index (χ2n) is 6.61. The minimum atomic E-state index is 0.210. The summed E-state index contributed by atoms with van der Waals surface area (Å²) in [7, 11) is 0. The van der Waals surface area contributed by atoms with Crippen molar-refractivity contribution in [2.24, 2.45) is 17.3 Å². The van der Waals surface area contributed by atoms with Gasteiger partial charge in [-0.2, -0.15) is 0 Å². The van der Waals surface area contributed by atoms with Crippen LogP contribution in [-0.2, 0) is 0 Å². The summed E-state index contributed by atoms with van der Waals surface area (Å²) in [4.78, 5) is 0. The van der Waals surface area contributed by atoms with Crippen molar-refractivity contribution in [1.29, 1.82) is 0 Å². The van der Waals surface area contributed by atoms with E-state index in [4.69, 9.17) is 0 Å². The molecule has 0 radical (unpaired) electrons. The Morgan fingerprint density at radius 3 is 2.70 bits per heavy atom. The van der Waals surface area contributed by atoms with Crippen molar-refractivity contribution in [2.75, 3.05) is 0 Å². The smallest absolute Gasteiger partial charge is 0.00662 e. The maximum atomic E-state index is 2.35. The molecule has 0 saturated carbocycles. The zero-order chi connectivity index (χ0) is 15.2. The van der Waals surface area contributed by atoms with Gasteiger partial charge in [-0.15, -0.1) is 0 Å². The van der Waals surface area contributed by atoms with Crippen molar-refractivity contribution < 1.29 is 0 Å². The van der Waals surface area contributed by atoms with Crippen molar-refractivity contribution in [3.63, 3.8) is 0 Å². The molecular formula is C20H30. The van der Waals surface area contributed by atoms with Gasteiger partial charge in [-0.05, 0) is 25.2 Å². The Morgan fingerprint density at radius 2 is 2.10 bits per heavy atom. The van der Waals surface area contributed by atoms with Crippen molar-refractivity contribution in [3.05, 3.63) is 59.8 Å². The number of allylic oxidation sites excluding steroid dienone is 10. The first-order valence-electron chi connectivity index (χ1n) is 7.76. The first-order valence-corrected chi connectivity index (χ1v) is 7.76. The standard InChI is InChI=1S/C20H30/c1-7-16(2)10-8-11-17(3)13-14-19-18(4)12-9-15-20(19,5)6/h8-16,19H,7H2,1-6H3/b10-8+,14-13+,17-11+. The molecule has 0 spiro atoms. The Morgan fingerprint density at radius 1 is 1.40 bits per heavy atom. The Bertz CT molecular complexity index is 452. The van der Waals surface area contributed by atoms with Crippen molar-refractivity contribution in [2.45, 2.75) is 48.0 Å². The minimum absolute atomic E-state index is 0.210. The minimum Gasteiger partial charge on any atom is -0.0817 e. The van der Waals surface area contributed by atoms with Crippen LogP contribution in [0.15, 0.2) is 59.8 Å². The second-order valence-corrected chi connectivity index (χ2v) is 6.61. The summed E-state index contributed by atoms with van der Waals surface area (Å²) in [6, 6.07) is 0. The van der Waals surface area contributed by atoms with E-state index < -0.39 is 0 Å². The van der Waals surface area contributed by atoms with Gasteiger partial charge in [0, 0.05) is 5.92 Å². The Hall–Kier alpha value is -1.30. The van der Waals surface area contributed by atoms with E-state index in [0.29, 0.717) is 11.8 Å². The van der Waals surface area contributed by atoms with E-state index in [1.54, 1.807) is 0 Å². The highest BCUT2D eigenvalue weighted by molar-refractivity contribution is 5.31. The van der Waals surface area contributed by atoms with Crippen LogP contribution in [-0.4, -0.2) is 0 Å². The van der Waals surface area contributed by atoms with Crippen LogP contribution in [0.4, 0.5) is 0 Å². The first kappa shape index (κ1) is 16.8. The molecule has 20 heavy (non-hydrogen) atoms. The Balaban J connectivity index is 2.72. The van der Waals surface area contributed by atoms with Gasteiger partial charge in [-0.1, -0.05) is 93.9 Å². The highest BCUT2D eigenvalue weighted by Gasteiger charge is 2.27. The molecule has 0 aliphatic heterocycles. The molecule has 110 valence electrons. The van der Waals surface area contributed by atoms with Crippen LogP contribution in [0.2, 0.25) is 0 Å². The van der Waals surface area contributed by atoms with Gasteiger partial charge in [-0.3, -0.25) is 0 Å². The van der Waals surface area contributed by atoms with Crippen molar-refractivity contribution in [1.82, 2.24) is 0 Å². The summed E-state index contributed by atoms with van der Waals surface area (Å²) in [5.41, 5.74) is 2.96. The van der Waals surface area contributed by atoms with Crippen molar-refractivity contribution in [3.8, 4) is 0 Å². The third-order valence-corrected chi connectivity index (χ3v) is 4.17. The summed E-state index contributed by atoms with van der Waals surface area (Å²) >= 11 is 0. The largest absolute Gasteiger partial charge is 0.0817 e. The number of rotatable bonds is 5. The van der Waals surface area contributed by atoms with Crippen LogP contribution in [0.25, 0.3) is 0 Å². The van der Waals surface area contributed by atoms with Gasteiger partial charge >= 0.3 is 0 Å².